The van der Waals surface area contributed by atoms with Gasteiger partial charge in [-0.3, -0.25) is 18.7 Å². The number of nitrogens with one attached hydrogen (secondary N) is 2. The molecule has 4 aromatic heterocycles. The van der Waals surface area contributed by atoms with E-state index in [1.807, 2.05) is 13.0 Å². The molecule has 2 amide bonds. The van der Waals surface area contributed by atoms with Gasteiger partial charge in [-0.05, 0) is 30.7 Å². The average Bonchev–Trinajstić information content (AvgIpc) is 3.97. The fourth-order valence-electron chi connectivity index (χ4n) is 6.14. The van der Waals surface area contributed by atoms with Gasteiger partial charge >= 0.3 is 0 Å². The van der Waals surface area contributed by atoms with Crippen molar-refractivity contribution in [3.63, 3.8) is 0 Å². The quantitative estimate of drug-likeness (QED) is 0.151. The number of aliphatic hydroxyl groups is 3. The first-order chi connectivity index (χ1) is 26.2. The average molecular weight is 745 g/mol. The summed E-state index contributed by atoms with van der Waals surface area (Å²) in [6, 6.07) is 17.3. The van der Waals surface area contributed by atoms with Crippen LogP contribution in [-0.2, 0) is 9.47 Å². The summed E-state index contributed by atoms with van der Waals surface area (Å²) in [6.45, 7) is 1.30. The van der Waals surface area contributed by atoms with E-state index in [0.717, 1.165) is 0 Å². The lowest BCUT2D eigenvalue weighted by molar-refractivity contribution is -0.0459. The van der Waals surface area contributed by atoms with E-state index in [0.29, 0.717) is 28.7 Å². The molecule has 0 aliphatic carbocycles. The van der Waals surface area contributed by atoms with Crippen molar-refractivity contribution in [2.24, 2.45) is 0 Å². The number of hydrogen-bond donors (Lipinski definition) is 5. The van der Waals surface area contributed by atoms with Crippen molar-refractivity contribution >= 4 is 45.8 Å². The van der Waals surface area contributed by atoms with Gasteiger partial charge in [-0.25, -0.2) is 38.7 Å². The lowest BCUT2D eigenvalue weighted by Gasteiger charge is -2.15. The molecule has 6 heterocycles. The summed E-state index contributed by atoms with van der Waals surface area (Å²) >= 11 is 0. The molecule has 8 rings (SSSR count). The first-order valence-electron chi connectivity index (χ1n) is 16.8. The van der Waals surface area contributed by atoms with E-state index in [2.05, 4.69) is 40.5 Å². The van der Waals surface area contributed by atoms with Crippen molar-refractivity contribution in [3.05, 3.63) is 97.1 Å². The van der Waals surface area contributed by atoms with Gasteiger partial charge in [-0.15, -0.1) is 0 Å². The van der Waals surface area contributed by atoms with E-state index in [4.69, 9.17) is 9.47 Å². The fraction of sp³-hybridized carbons (Fsp3) is 0.314. The number of amides is 2. The number of aliphatic hydroxyl groups excluding tert-OH is 3. The zero-order valence-electron chi connectivity index (χ0n) is 28.4. The zero-order chi connectivity index (χ0) is 37.9. The molecule has 8 atom stereocenters. The normalized spacial score (nSPS) is 25.0. The molecule has 0 saturated carbocycles. The van der Waals surface area contributed by atoms with Gasteiger partial charge in [0.25, 0.3) is 11.8 Å². The minimum atomic E-state index is -1.77. The SMILES string of the molecule is CC[C@H]1O[C@@H](n2cnc3c(NC(=O)c4ccccc4)ncnc32)[C@@H](F)C1O.O=C(Nc1ncnc2c1ncn2[C@@H]1O[C@H](CO)C(O)[C@@H]1F)c1ccccc1. The number of fused-ring (bicyclic) bond motifs is 2. The van der Waals surface area contributed by atoms with Crippen LogP contribution in [0.25, 0.3) is 22.3 Å². The summed E-state index contributed by atoms with van der Waals surface area (Å²) in [7, 11) is 0. The number of anilines is 2. The molecule has 0 radical (unpaired) electrons. The van der Waals surface area contributed by atoms with Gasteiger partial charge in [0.15, 0.2) is 58.8 Å². The van der Waals surface area contributed by atoms with Gasteiger partial charge in [0, 0.05) is 11.1 Å². The summed E-state index contributed by atoms with van der Waals surface area (Å²) in [4.78, 5) is 49.4. The number of alkyl halides is 2. The Morgan fingerprint density at radius 2 is 1.11 bits per heavy atom. The van der Waals surface area contributed by atoms with Crippen LogP contribution in [0, 0.1) is 0 Å². The van der Waals surface area contributed by atoms with E-state index >= 15 is 0 Å². The molecule has 2 unspecified atom stereocenters. The third-order valence-electron chi connectivity index (χ3n) is 8.97. The van der Waals surface area contributed by atoms with Crippen LogP contribution in [0.15, 0.2) is 86.0 Å². The topological polar surface area (TPSA) is 225 Å². The summed E-state index contributed by atoms with van der Waals surface area (Å²) in [5.74, 6) is -0.331. The highest BCUT2D eigenvalue weighted by atomic mass is 19.1. The molecule has 2 fully saturated rings. The second-order valence-corrected chi connectivity index (χ2v) is 12.3. The minimum Gasteiger partial charge on any atom is -0.394 e. The first kappa shape index (κ1) is 36.5. The number of carbonyl (C=O) groups is 2. The van der Waals surface area contributed by atoms with Crippen LogP contribution in [0.3, 0.4) is 0 Å². The molecule has 6 aromatic rings. The largest absolute Gasteiger partial charge is 0.394 e. The second kappa shape index (κ2) is 15.6. The van der Waals surface area contributed by atoms with Gasteiger partial charge < -0.3 is 35.4 Å². The zero-order valence-corrected chi connectivity index (χ0v) is 28.4. The first-order valence-corrected chi connectivity index (χ1v) is 16.8. The van der Waals surface area contributed by atoms with Crippen LogP contribution >= 0.6 is 0 Å². The smallest absolute Gasteiger partial charge is 0.256 e. The Balaban J connectivity index is 0.000000167. The lowest BCUT2D eigenvalue weighted by Crippen LogP contribution is -2.30. The second-order valence-electron chi connectivity index (χ2n) is 12.3. The molecule has 2 aliphatic heterocycles. The van der Waals surface area contributed by atoms with Gasteiger partial charge in [-0.2, -0.15) is 0 Å². The maximum Gasteiger partial charge on any atom is 0.256 e. The van der Waals surface area contributed by atoms with Crippen LogP contribution in [0.5, 0.6) is 0 Å². The monoisotopic (exact) mass is 744 g/mol. The molecule has 2 saturated heterocycles. The molecule has 2 aromatic carbocycles. The summed E-state index contributed by atoms with van der Waals surface area (Å²) in [6.07, 6.45) is -4.30. The Morgan fingerprint density at radius 1 is 0.685 bits per heavy atom. The van der Waals surface area contributed by atoms with E-state index in [1.165, 1.54) is 34.4 Å². The maximum absolute atomic E-state index is 14.5. The van der Waals surface area contributed by atoms with Gasteiger partial charge in [-0.1, -0.05) is 43.3 Å². The standard InChI is InChI=1S/C18H18FN5O3.C17H16FN5O4/c1-2-11-14(25)12(19)18(27-11)24-9-22-13-15(20-8-21-16(13)24)23-17(26)10-6-4-3-5-7-10;18-11-13(25)10(6-24)27-17(11)23-8-21-12-14(19-7-20-15(12)23)22-16(26)9-4-2-1-3-5-9/h3-9,11-12,14,18,25H,2H2,1H3,(H,20,21,23,26);1-5,7-8,10-11,13,17,24-25H,6H2,(H,19,20,22,26)/t11-,12+,14?,18-;10-,11+,13?,17-/m11/s1. The van der Waals surface area contributed by atoms with Crippen molar-refractivity contribution in [1.82, 2.24) is 39.0 Å². The number of nitrogens with zero attached hydrogens (tertiary/aromatic N) is 8. The van der Waals surface area contributed by atoms with Crippen LogP contribution < -0.4 is 10.6 Å². The number of carbonyl (C=O) groups excluding carboxylic acids is 2. The van der Waals surface area contributed by atoms with Crippen molar-refractivity contribution in [1.29, 1.82) is 0 Å². The van der Waals surface area contributed by atoms with E-state index in [1.54, 1.807) is 54.6 Å². The van der Waals surface area contributed by atoms with Gasteiger partial charge in [0.05, 0.1) is 25.4 Å². The number of imidazole rings is 2. The Hall–Kier alpha value is -5.86. The van der Waals surface area contributed by atoms with E-state index < -0.39 is 55.8 Å². The van der Waals surface area contributed by atoms with Crippen LogP contribution in [0.1, 0.15) is 46.5 Å². The summed E-state index contributed by atoms with van der Waals surface area (Å²) < 4.78 is 42.6. The molecular formula is C35H34F2N10O7. The Labute approximate surface area is 304 Å². The highest BCUT2D eigenvalue weighted by Crippen LogP contribution is 2.36. The summed E-state index contributed by atoms with van der Waals surface area (Å²) in [5, 5.41) is 34.3. The Kier molecular flexibility index (Phi) is 10.6. The minimum absolute atomic E-state index is 0.167. The van der Waals surface area contributed by atoms with Crippen LogP contribution in [0.4, 0.5) is 20.4 Å². The Bertz CT molecular complexity index is 2090. The van der Waals surface area contributed by atoms with E-state index in [9.17, 15) is 33.7 Å². The van der Waals surface area contributed by atoms with E-state index in [-0.39, 0.29) is 34.6 Å². The van der Waals surface area contributed by atoms with Crippen LogP contribution in [-0.4, -0.2) is 110 Å². The maximum atomic E-state index is 14.5. The number of halogens is 2. The molecule has 0 bridgehead atoms. The molecule has 2 aliphatic rings. The molecule has 19 heteroatoms. The molecule has 17 nitrogen and oxygen atoms in total. The predicted molar refractivity (Wildman–Crippen MR) is 186 cm³/mol. The van der Waals surface area contributed by atoms with Crippen molar-refractivity contribution in [3.8, 4) is 0 Å². The van der Waals surface area contributed by atoms with Crippen LogP contribution in [0.2, 0.25) is 0 Å². The third-order valence-corrected chi connectivity index (χ3v) is 8.97. The highest BCUT2D eigenvalue weighted by molar-refractivity contribution is 6.07. The van der Waals surface area contributed by atoms with Crippen molar-refractivity contribution in [2.45, 2.75) is 62.6 Å². The molecular weight excluding hydrogens is 710 g/mol. The predicted octanol–water partition coefficient (Wildman–Crippen LogP) is 2.75. The number of benzene rings is 2. The Morgan fingerprint density at radius 3 is 1.50 bits per heavy atom. The molecule has 0 spiro atoms. The van der Waals surface area contributed by atoms with Crippen molar-refractivity contribution in [2.75, 3.05) is 17.2 Å². The van der Waals surface area contributed by atoms with Gasteiger partial charge in [0.2, 0.25) is 0 Å². The number of aromatic nitrogens is 8. The molecule has 280 valence electrons. The molecule has 5 N–H and O–H groups in total. The third kappa shape index (κ3) is 6.97. The number of ether oxygens (including phenoxy) is 2. The lowest BCUT2D eigenvalue weighted by atomic mass is 10.1. The highest BCUT2D eigenvalue weighted by Gasteiger charge is 2.46. The fourth-order valence-corrected chi connectivity index (χ4v) is 6.14. The van der Waals surface area contributed by atoms with Crippen molar-refractivity contribution < 1.29 is 43.2 Å². The van der Waals surface area contributed by atoms with Gasteiger partial charge in [0.1, 0.15) is 31.0 Å². The summed E-state index contributed by atoms with van der Waals surface area (Å²) in [5.41, 5.74) is 2.02. The number of hydrogen-bond acceptors (Lipinski definition) is 13. The number of rotatable bonds is 8. The molecule has 54 heavy (non-hydrogen) atoms.